The van der Waals surface area contributed by atoms with Gasteiger partial charge in [0, 0.05) is 5.54 Å². The van der Waals surface area contributed by atoms with Crippen LogP contribution in [0.2, 0.25) is 0 Å². The third-order valence-electron chi connectivity index (χ3n) is 3.33. The summed E-state index contributed by atoms with van der Waals surface area (Å²) in [7, 11) is 1.71. The van der Waals surface area contributed by atoms with Gasteiger partial charge in [-0.05, 0) is 44.0 Å². The van der Waals surface area contributed by atoms with Crippen molar-refractivity contribution in [1.82, 2.24) is 5.32 Å². The highest BCUT2D eigenvalue weighted by molar-refractivity contribution is 5.34. The summed E-state index contributed by atoms with van der Waals surface area (Å²) < 4.78 is 5.36. The second kappa shape index (κ2) is 4.85. The molecule has 3 heteroatoms. The van der Waals surface area contributed by atoms with E-state index in [1.807, 2.05) is 18.2 Å². The molecule has 2 rings (SSSR count). The Kier molecular flexibility index (Phi) is 3.46. The van der Waals surface area contributed by atoms with Gasteiger partial charge in [-0.15, -0.1) is 0 Å². The Morgan fingerprint density at radius 1 is 1.31 bits per heavy atom. The predicted octanol–water partition coefficient (Wildman–Crippen LogP) is 1.32. The number of ether oxygens (including phenoxy) is 1. The van der Waals surface area contributed by atoms with Gasteiger partial charge >= 0.3 is 0 Å². The van der Waals surface area contributed by atoms with Gasteiger partial charge in [0.25, 0.3) is 0 Å². The first-order valence-corrected chi connectivity index (χ1v) is 5.85. The minimum atomic E-state index is -0.0696. The van der Waals surface area contributed by atoms with E-state index < -0.39 is 0 Å². The Labute approximate surface area is 97.0 Å². The van der Waals surface area contributed by atoms with Crippen molar-refractivity contribution in [2.45, 2.75) is 24.8 Å². The van der Waals surface area contributed by atoms with E-state index in [1.54, 1.807) is 7.11 Å². The molecule has 3 nitrogen and oxygen atoms in total. The molecule has 0 bridgehead atoms. The minimum absolute atomic E-state index is 0.0696. The van der Waals surface area contributed by atoms with Crippen molar-refractivity contribution in [1.29, 1.82) is 0 Å². The monoisotopic (exact) mass is 220 g/mol. The van der Waals surface area contributed by atoms with Gasteiger partial charge in [0.1, 0.15) is 5.75 Å². The maximum atomic E-state index is 6.42. The average Bonchev–Trinajstić information content (AvgIpc) is 2.30. The van der Waals surface area contributed by atoms with Crippen LogP contribution in [-0.2, 0) is 6.42 Å². The van der Waals surface area contributed by atoms with Crippen molar-refractivity contribution < 1.29 is 4.74 Å². The molecule has 1 fully saturated rings. The molecule has 1 heterocycles. The van der Waals surface area contributed by atoms with Crippen molar-refractivity contribution in [2.24, 2.45) is 5.73 Å². The smallest absolute Gasteiger partial charge is 0.122 e. The molecular formula is C13H20N2O. The molecule has 0 unspecified atom stereocenters. The van der Waals surface area contributed by atoms with Gasteiger partial charge in [0.2, 0.25) is 0 Å². The normalized spacial score (nSPS) is 19.4. The number of nitrogens with two attached hydrogens (primary N) is 1. The van der Waals surface area contributed by atoms with E-state index in [0.717, 1.165) is 38.1 Å². The molecule has 16 heavy (non-hydrogen) atoms. The number of methoxy groups -OCH3 is 1. The summed E-state index contributed by atoms with van der Waals surface area (Å²) in [4.78, 5) is 0. The summed E-state index contributed by atoms with van der Waals surface area (Å²) in [5.41, 5.74) is 7.57. The van der Waals surface area contributed by atoms with Gasteiger partial charge in [-0.2, -0.15) is 0 Å². The van der Waals surface area contributed by atoms with Crippen LogP contribution in [0.5, 0.6) is 5.75 Å². The lowest BCUT2D eigenvalue weighted by molar-refractivity contribution is 0.303. The van der Waals surface area contributed by atoms with E-state index in [2.05, 4.69) is 11.4 Å². The zero-order valence-corrected chi connectivity index (χ0v) is 9.83. The molecule has 3 N–H and O–H groups in total. The highest BCUT2D eigenvalue weighted by atomic mass is 16.5. The van der Waals surface area contributed by atoms with E-state index in [1.165, 1.54) is 5.56 Å². The molecule has 1 aromatic carbocycles. The van der Waals surface area contributed by atoms with E-state index in [4.69, 9.17) is 10.5 Å². The van der Waals surface area contributed by atoms with Gasteiger partial charge < -0.3 is 15.8 Å². The van der Waals surface area contributed by atoms with E-state index in [-0.39, 0.29) is 5.54 Å². The zero-order valence-electron chi connectivity index (χ0n) is 9.83. The quantitative estimate of drug-likeness (QED) is 0.807. The van der Waals surface area contributed by atoms with Crippen LogP contribution in [0, 0.1) is 0 Å². The summed E-state index contributed by atoms with van der Waals surface area (Å²) >= 11 is 0. The second-order valence-electron chi connectivity index (χ2n) is 4.60. The zero-order chi connectivity index (χ0) is 11.4. The van der Waals surface area contributed by atoms with Crippen molar-refractivity contribution in [3.05, 3.63) is 29.8 Å². The average molecular weight is 220 g/mol. The number of rotatable bonds is 3. The van der Waals surface area contributed by atoms with Crippen molar-refractivity contribution in [2.75, 3.05) is 20.2 Å². The second-order valence-corrected chi connectivity index (χ2v) is 4.60. The molecule has 1 saturated heterocycles. The molecule has 88 valence electrons. The fourth-order valence-corrected chi connectivity index (χ4v) is 2.33. The standard InChI is InChI=1S/C13H20N2O/c1-16-12-5-3-2-4-11(12)10-13(14)6-8-15-9-7-13/h2-5,15H,6-10,14H2,1H3. The molecular weight excluding hydrogens is 200 g/mol. The molecule has 1 aliphatic heterocycles. The van der Waals surface area contributed by atoms with Gasteiger partial charge in [0.05, 0.1) is 7.11 Å². The van der Waals surface area contributed by atoms with Crippen molar-refractivity contribution in [3.8, 4) is 5.75 Å². The SMILES string of the molecule is COc1ccccc1CC1(N)CCNCC1. The first kappa shape index (κ1) is 11.4. The topological polar surface area (TPSA) is 47.3 Å². The van der Waals surface area contributed by atoms with Crippen LogP contribution in [0.3, 0.4) is 0 Å². The van der Waals surface area contributed by atoms with Gasteiger partial charge in [-0.25, -0.2) is 0 Å². The molecule has 0 atom stereocenters. The molecule has 0 saturated carbocycles. The van der Waals surface area contributed by atoms with Gasteiger partial charge in [-0.1, -0.05) is 18.2 Å². The van der Waals surface area contributed by atoms with E-state index in [0.29, 0.717) is 0 Å². The van der Waals surface area contributed by atoms with Crippen LogP contribution >= 0.6 is 0 Å². The molecule has 0 amide bonds. The fourth-order valence-electron chi connectivity index (χ4n) is 2.33. The summed E-state index contributed by atoms with van der Waals surface area (Å²) in [6.07, 6.45) is 2.97. The number of hydrogen-bond acceptors (Lipinski definition) is 3. The van der Waals surface area contributed by atoms with Crippen molar-refractivity contribution in [3.63, 3.8) is 0 Å². The fraction of sp³-hybridized carbons (Fsp3) is 0.538. The number of nitrogens with one attached hydrogen (secondary N) is 1. The molecule has 1 aliphatic rings. The maximum Gasteiger partial charge on any atom is 0.122 e. The Morgan fingerprint density at radius 2 is 2.00 bits per heavy atom. The predicted molar refractivity (Wildman–Crippen MR) is 65.7 cm³/mol. The third kappa shape index (κ3) is 2.54. The lowest BCUT2D eigenvalue weighted by Gasteiger charge is -2.34. The Morgan fingerprint density at radius 3 is 2.69 bits per heavy atom. The van der Waals surface area contributed by atoms with Gasteiger partial charge in [-0.3, -0.25) is 0 Å². The van der Waals surface area contributed by atoms with E-state index >= 15 is 0 Å². The van der Waals surface area contributed by atoms with E-state index in [9.17, 15) is 0 Å². The molecule has 0 radical (unpaired) electrons. The van der Waals surface area contributed by atoms with Crippen LogP contribution in [0.25, 0.3) is 0 Å². The Balaban J connectivity index is 2.12. The summed E-state index contributed by atoms with van der Waals surface area (Å²) in [5.74, 6) is 0.950. The highest BCUT2D eigenvalue weighted by Gasteiger charge is 2.28. The number of piperidine rings is 1. The first-order chi connectivity index (χ1) is 7.73. The largest absolute Gasteiger partial charge is 0.496 e. The highest BCUT2D eigenvalue weighted by Crippen LogP contribution is 2.26. The molecule has 0 aliphatic carbocycles. The minimum Gasteiger partial charge on any atom is -0.496 e. The Bertz CT molecular complexity index is 346. The molecule has 0 spiro atoms. The van der Waals surface area contributed by atoms with Crippen LogP contribution in [-0.4, -0.2) is 25.7 Å². The molecule has 0 aromatic heterocycles. The van der Waals surface area contributed by atoms with Crippen LogP contribution in [0.4, 0.5) is 0 Å². The van der Waals surface area contributed by atoms with Crippen LogP contribution in [0.1, 0.15) is 18.4 Å². The molecule has 1 aromatic rings. The van der Waals surface area contributed by atoms with Crippen LogP contribution < -0.4 is 15.8 Å². The first-order valence-electron chi connectivity index (χ1n) is 5.85. The van der Waals surface area contributed by atoms with Crippen molar-refractivity contribution >= 4 is 0 Å². The summed E-state index contributed by atoms with van der Waals surface area (Å²) in [5, 5.41) is 3.34. The maximum absolute atomic E-state index is 6.42. The number of para-hydroxylation sites is 1. The lowest BCUT2D eigenvalue weighted by Crippen LogP contribution is -2.50. The Hall–Kier alpha value is -1.06. The third-order valence-corrected chi connectivity index (χ3v) is 3.33. The van der Waals surface area contributed by atoms with Gasteiger partial charge in [0.15, 0.2) is 0 Å². The summed E-state index contributed by atoms with van der Waals surface area (Å²) in [6, 6.07) is 8.14. The summed E-state index contributed by atoms with van der Waals surface area (Å²) in [6.45, 7) is 2.04. The number of hydrogen-bond donors (Lipinski definition) is 2. The number of benzene rings is 1. The van der Waals surface area contributed by atoms with Crippen LogP contribution in [0.15, 0.2) is 24.3 Å². The lowest BCUT2D eigenvalue weighted by atomic mass is 9.83.